The molecule has 0 saturated heterocycles. The summed E-state index contributed by atoms with van der Waals surface area (Å²) in [7, 11) is 0. The number of benzene rings is 8. The van der Waals surface area contributed by atoms with Crippen LogP contribution in [0.2, 0.25) is 0 Å². The van der Waals surface area contributed by atoms with E-state index in [-0.39, 0.29) is 5.92 Å². The third-order valence-corrected chi connectivity index (χ3v) is 13.4. The number of allylic oxidation sites excluding steroid dienone is 4. The molecular weight excluding hydrogens is 767 g/mol. The van der Waals surface area contributed by atoms with Gasteiger partial charge in [0.2, 0.25) is 0 Å². The van der Waals surface area contributed by atoms with E-state index in [1.807, 2.05) is 18.2 Å². The van der Waals surface area contributed by atoms with Gasteiger partial charge >= 0.3 is 0 Å². The molecule has 0 saturated carbocycles. The topological polar surface area (TPSA) is 42.2 Å². The lowest BCUT2D eigenvalue weighted by molar-refractivity contribution is 0.669. The van der Waals surface area contributed by atoms with Crippen LogP contribution in [-0.4, -0.2) is 9.97 Å². The minimum absolute atomic E-state index is 0.184. The van der Waals surface area contributed by atoms with Gasteiger partial charge < -0.3 is 9.32 Å². The number of anilines is 3. The first kappa shape index (κ1) is 35.7. The molecule has 1 unspecified atom stereocenters. The smallest absolute Gasteiger partial charge is 0.160 e. The molecule has 296 valence electrons. The van der Waals surface area contributed by atoms with Gasteiger partial charge in [0.1, 0.15) is 11.2 Å². The highest BCUT2D eigenvalue weighted by Crippen LogP contribution is 2.63. The van der Waals surface area contributed by atoms with E-state index in [4.69, 9.17) is 14.4 Å². The quantitative estimate of drug-likeness (QED) is 0.168. The maximum Gasteiger partial charge on any atom is 0.160 e. The molecule has 1 atom stereocenters. The lowest BCUT2D eigenvalue weighted by Crippen LogP contribution is -2.25. The van der Waals surface area contributed by atoms with E-state index in [1.54, 1.807) is 0 Å². The van der Waals surface area contributed by atoms with Gasteiger partial charge in [-0.25, -0.2) is 9.97 Å². The summed E-state index contributed by atoms with van der Waals surface area (Å²) in [5.41, 5.74) is 18.8. The van der Waals surface area contributed by atoms with Gasteiger partial charge in [-0.3, -0.25) is 0 Å². The van der Waals surface area contributed by atoms with Crippen molar-refractivity contribution in [3.63, 3.8) is 0 Å². The number of hydrogen-bond acceptors (Lipinski definition) is 4. The molecule has 0 fully saturated rings. The Morgan fingerprint density at radius 1 is 0.492 bits per heavy atom. The molecular formula is C59H39N3O. The lowest BCUT2D eigenvalue weighted by Gasteiger charge is -2.31. The summed E-state index contributed by atoms with van der Waals surface area (Å²) in [4.78, 5) is 12.6. The van der Waals surface area contributed by atoms with Crippen LogP contribution in [0.5, 0.6) is 0 Å². The normalized spacial score (nSPS) is 15.1. The fourth-order valence-corrected chi connectivity index (χ4v) is 10.7. The predicted molar refractivity (Wildman–Crippen MR) is 257 cm³/mol. The Kier molecular flexibility index (Phi) is 7.91. The van der Waals surface area contributed by atoms with Crippen LogP contribution in [0.15, 0.2) is 223 Å². The summed E-state index contributed by atoms with van der Waals surface area (Å²) < 4.78 is 6.80. The summed E-state index contributed by atoms with van der Waals surface area (Å²) in [6, 6.07) is 70.1. The van der Waals surface area contributed by atoms with E-state index in [1.165, 1.54) is 44.5 Å². The van der Waals surface area contributed by atoms with E-state index >= 15 is 0 Å². The van der Waals surface area contributed by atoms with Gasteiger partial charge in [-0.05, 0) is 106 Å². The Balaban J connectivity index is 0.979. The number of furan rings is 1. The molecule has 2 aromatic heterocycles. The number of rotatable bonds is 6. The Bertz CT molecular complexity index is 3460. The number of hydrogen-bond donors (Lipinski definition) is 0. The van der Waals surface area contributed by atoms with Crippen LogP contribution in [0.3, 0.4) is 0 Å². The molecule has 0 amide bonds. The molecule has 4 heteroatoms. The van der Waals surface area contributed by atoms with Crippen molar-refractivity contribution in [2.45, 2.75) is 17.8 Å². The average Bonchev–Trinajstić information content (AvgIpc) is 3.99. The summed E-state index contributed by atoms with van der Waals surface area (Å²) >= 11 is 0. The first-order valence-electron chi connectivity index (χ1n) is 21.8. The second kappa shape index (κ2) is 14.0. The second-order valence-electron chi connectivity index (χ2n) is 16.8. The average molecular weight is 806 g/mol. The Labute approximate surface area is 365 Å². The monoisotopic (exact) mass is 805 g/mol. The SMILES string of the molecule is C1=CCC(c2cc(-c3ccc4c(c3)oc3cccc(N(c5ccccc5)c5ccc6c(c5)-c5ccccc5C65c6ccccc6-c6ccccc65)c34)nc(-c3ccccc3)n2)C=C1. The lowest BCUT2D eigenvalue weighted by atomic mass is 9.70. The van der Waals surface area contributed by atoms with Gasteiger partial charge in [0.25, 0.3) is 0 Å². The summed E-state index contributed by atoms with van der Waals surface area (Å²) in [6.45, 7) is 0. The van der Waals surface area contributed by atoms with Crippen molar-refractivity contribution in [1.82, 2.24) is 9.97 Å². The van der Waals surface area contributed by atoms with Crippen molar-refractivity contribution in [3.8, 4) is 44.9 Å². The molecule has 4 nitrogen and oxygen atoms in total. The Morgan fingerprint density at radius 3 is 1.87 bits per heavy atom. The minimum atomic E-state index is -0.399. The zero-order valence-electron chi connectivity index (χ0n) is 34.3. The Hall–Kier alpha value is -8.08. The zero-order valence-corrected chi connectivity index (χ0v) is 34.3. The molecule has 2 heterocycles. The molecule has 10 aromatic rings. The molecule has 13 rings (SSSR count). The van der Waals surface area contributed by atoms with Crippen molar-refractivity contribution in [1.29, 1.82) is 0 Å². The molecule has 0 bridgehead atoms. The number of fused-ring (bicyclic) bond motifs is 13. The predicted octanol–water partition coefficient (Wildman–Crippen LogP) is 15.1. The maximum atomic E-state index is 6.80. The summed E-state index contributed by atoms with van der Waals surface area (Å²) in [5.74, 6) is 0.907. The fraction of sp³-hybridized carbons (Fsp3) is 0.0508. The first-order chi connectivity index (χ1) is 31.2. The number of para-hydroxylation sites is 1. The van der Waals surface area contributed by atoms with Gasteiger partial charge in [0.15, 0.2) is 5.82 Å². The zero-order chi connectivity index (χ0) is 41.5. The van der Waals surface area contributed by atoms with Crippen LogP contribution in [0.4, 0.5) is 17.1 Å². The van der Waals surface area contributed by atoms with E-state index in [0.717, 1.165) is 73.8 Å². The van der Waals surface area contributed by atoms with Gasteiger partial charge in [-0.2, -0.15) is 0 Å². The van der Waals surface area contributed by atoms with E-state index in [2.05, 4.69) is 205 Å². The van der Waals surface area contributed by atoms with Crippen molar-refractivity contribution in [2.75, 3.05) is 4.90 Å². The van der Waals surface area contributed by atoms with Crippen LogP contribution in [0.25, 0.3) is 66.8 Å². The third kappa shape index (κ3) is 5.34. The maximum absolute atomic E-state index is 6.80. The van der Waals surface area contributed by atoms with Crippen molar-refractivity contribution >= 4 is 39.0 Å². The fourth-order valence-electron chi connectivity index (χ4n) is 10.7. The molecule has 3 aliphatic carbocycles. The molecule has 8 aromatic carbocycles. The van der Waals surface area contributed by atoms with Crippen LogP contribution in [-0.2, 0) is 5.41 Å². The summed E-state index contributed by atoms with van der Waals surface area (Å²) in [6.07, 6.45) is 9.56. The highest BCUT2D eigenvalue weighted by atomic mass is 16.3. The number of aromatic nitrogens is 2. The molecule has 0 N–H and O–H groups in total. The highest BCUT2D eigenvalue weighted by Gasteiger charge is 2.51. The summed E-state index contributed by atoms with van der Waals surface area (Å²) in [5, 5.41) is 2.11. The number of nitrogens with zero attached hydrogens (tertiary/aromatic N) is 3. The van der Waals surface area contributed by atoms with Crippen LogP contribution in [0.1, 0.15) is 40.3 Å². The standard InChI is InChI=1S/C59H39N3O/c1-4-17-38(18-5-1)52-37-53(61-58(60-52)39-19-6-2-7-20-39)40-31-33-46-56(35-40)63-55-30-16-29-54(57(46)55)62(41-21-8-3-9-22-41)42-32-34-51-47(36-42)45-25-12-15-28-50(45)59(51)48-26-13-10-23-43(48)44-24-11-14-27-49(44)59/h1-17,19-38H,18H2. The molecule has 1 spiro atoms. The van der Waals surface area contributed by atoms with Crippen molar-refractivity contribution in [3.05, 3.63) is 246 Å². The van der Waals surface area contributed by atoms with Crippen LogP contribution < -0.4 is 4.90 Å². The molecule has 63 heavy (non-hydrogen) atoms. The largest absolute Gasteiger partial charge is 0.456 e. The van der Waals surface area contributed by atoms with Gasteiger partial charge in [-0.1, -0.05) is 164 Å². The third-order valence-electron chi connectivity index (χ3n) is 13.4. The van der Waals surface area contributed by atoms with Crippen LogP contribution >= 0.6 is 0 Å². The van der Waals surface area contributed by atoms with E-state index < -0.39 is 5.41 Å². The van der Waals surface area contributed by atoms with E-state index in [0.29, 0.717) is 0 Å². The second-order valence-corrected chi connectivity index (χ2v) is 16.8. The van der Waals surface area contributed by atoms with Crippen molar-refractivity contribution in [2.24, 2.45) is 0 Å². The van der Waals surface area contributed by atoms with E-state index in [9.17, 15) is 0 Å². The highest BCUT2D eigenvalue weighted by molar-refractivity contribution is 6.14. The van der Waals surface area contributed by atoms with Crippen LogP contribution in [0, 0.1) is 0 Å². The first-order valence-corrected chi connectivity index (χ1v) is 21.8. The molecule has 0 radical (unpaired) electrons. The van der Waals surface area contributed by atoms with Gasteiger partial charge in [0, 0.05) is 33.8 Å². The van der Waals surface area contributed by atoms with Crippen molar-refractivity contribution < 1.29 is 4.42 Å². The van der Waals surface area contributed by atoms with Gasteiger partial charge in [0.05, 0.1) is 27.9 Å². The Morgan fingerprint density at radius 2 is 1.16 bits per heavy atom. The molecule has 0 aliphatic heterocycles. The molecule has 3 aliphatic rings. The minimum Gasteiger partial charge on any atom is -0.456 e. The van der Waals surface area contributed by atoms with Gasteiger partial charge in [-0.15, -0.1) is 0 Å².